The lowest BCUT2D eigenvalue weighted by Gasteiger charge is -1.99. The summed E-state index contributed by atoms with van der Waals surface area (Å²) in [5.74, 6) is -0.350. The second-order valence-electron chi connectivity index (χ2n) is 1.77. The van der Waals surface area contributed by atoms with E-state index in [2.05, 4.69) is 4.74 Å². The van der Waals surface area contributed by atoms with Crippen LogP contribution in [0.5, 0.6) is 0 Å². The maximum atomic E-state index is 10.4. The minimum atomic E-state index is -0.350. The first-order valence-electron chi connectivity index (χ1n) is 3.16. The van der Waals surface area contributed by atoms with Gasteiger partial charge in [0.15, 0.2) is 0 Å². The maximum absolute atomic E-state index is 10.4. The number of methoxy groups -OCH3 is 1. The zero-order valence-electron chi connectivity index (χ0n) is 6.13. The minimum absolute atomic E-state index is 0.0243. The fourth-order valence-electron chi connectivity index (χ4n) is 0.400. The number of esters is 1. The van der Waals surface area contributed by atoms with Gasteiger partial charge in [0.05, 0.1) is 7.11 Å². The summed E-state index contributed by atoms with van der Waals surface area (Å²) in [6.07, 6.45) is 0.775. The van der Waals surface area contributed by atoms with Crippen LogP contribution in [0, 0.1) is 0 Å². The Morgan fingerprint density at radius 3 is 2.80 bits per heavy atom. The zero-order chi connectivity index (χ0) is 7.82. The number of hydrogen-bond acceptors (Lipinski definition) is 4. The molecule has 0 atom stereocenters. The van der Waals surface area contributed by atoms with Gasteiger partial charge in [0, 0.05) is 6.61 Å². The molecule has 0 heterocycles. The molecular weight excluding hydrogens is 134 g/mol. The SMILES string of the molecule is COC(=O)COCCCN. The van der Waals surface area contributed by atoms with E-state index < -0.39 is 0 Å². The fraction of sp³-hybridized carbons (Fsp3) is 0.833. The first-order chi connectivity index (χ1) is 4.81. The number of carbonyl (C=O) groups excluding carboxylic acids is 1. The Balaban J connectivity index is 2.96. The van der Waals surface area contributed by atoms with Crippen molar-refractivity contribution in [1.82, 2.24) is 0 Å². The molecule has 0 spiro atoms. The summed E-state index contributed by atoms with van der Waals surface area (Å²) in [5.41, 5.74) is 5.18. The highest BCUT2D eigenvalue weighted by atomic mass is 16.6. The van der Waals surface area contributed by atoms with Crippen LogP contribution in [0.4, 0.5) is 0 Å². The van der Waals surface area contributed by atoms with Gasteiger partial charge < -0.3 is 15.2 Å². The zero-order valence-corrected chi connectivity index (χ0v) is 6.13. The van der Waals surface area contributed by atoms with E-state index in [-0.39, 0.29) is 12.6 Å². The molecule has 4 nitrogen and oxygen atoms in total. The Morgan fingerprint density at radius 1 is 1.60 bits per heavy atom. The number of carbonyl (C=O) groups is 1. The maximum Gasteiger partial charge on any atom is 0.331 e. The van der Waals surface area contributed by atoms with Crippen molar-refractivity contribution in [3.63, 3.8) is 0 Å². The molecule has 0 unspecified atom stereocenters. The van der Waals surface area contributed by atoms with Crippen LogP contribution in [0.15, 0.2) is 0 Å². The van der Waals surface area contributed by atoms with Crippen molar-refractivity contribution in [3.05, 3.63) is 0 Å². The Labute approximate surface area is 60.3 Å². The topological polar surface area (TPSA) is 61.5 Å². The van der Waals surface area contributed by atoms with Crippen LogP contribution in [-0.2, 0) is 14.3 Å². The predicted molar refractivity (Wildman–Crippen MR) is 36.5 cm³/mol. The van der Waals surface area contributed by atoms with E-state index in [0.717, 1.165) is 6.42 Å². The average molecular weight is 147 g/mol. The van der Waals surface area contributed by atoms with Crippen LogP contribution < -0.4 is 5.73 Å². The molecule has 0 fully saturated rings. The van der Waals surface area contributed by atoms with Crippen LogP contribution >= 0.6 is 0 Å². The summed E-state index contributed by atoms with van der Waals surface area (Å²) in [6, 6.07) is 0. The van der Waals surface area contributed by atoms with Crippen LogP contribution in [0.2, 0.25) is 0 Å². The third-order valence-electron chi connectivity index (χ3n) is 0.940. The normalized spacial score (nSPS) is 9.40. The predicted octanol–water partition coefficient (Wildman–Crippen LogP) is -0.475. The molecule has 0 bridgehead atoms. The van der Waals surface area contributed by atoms with Gasteiger partial charge in [-0.25, -0.2) is 4.79 Å². The molecule has 0 saturated heterocycles. The van der Waals surface area contributed by atoms with Gasteiger partial charge in [-0.2, -0.15) is 0 Å². The van der Waals surface area contributed by atoms with E-state index >= 15 is 0 Å². The van der Waals surface area contributed by atoms with Gasteiger partial charge >= 0.3 is 5.97 Å². The van der Waals surface area contributed by atoms with E-state index in [0.29, 0.717) is 13.2 Å². The molecule has 0 amide bonds. The van der Waals surface area contributed by atoms with Crippen LogP contribution in [-0.4, -0.2) is 32.8 Å². The monoisotopic (exact) mass is 147 g/mol. The third kappa shape index (κ3) is 5.53. The highest BCUT2D eigenvalue weighted by Gasteiger charge is 1.97. The van der Waals surface area contributed by atoms with E-state index in [4.69, 9.17) is 10.5 Å². The average Bonchev–Trinajstić information content (AvgIpc) is 1.98. The smallest absolute Gasteiger partial charge is 0.331 e. The number of ether oxygens (including phenoxy) is 2. The Morgan fingerprint density at radius 2 is 2.30 bits per heavy atom. The summed E-state index contributed by atoms with van der Waals surface area (Å²) in [5, 5.41) is 0. The van der Waals surface area contributed by atoms with Crippen molar-refractivity contribution < 1.29 is 14.3 Å². The van der Waals surface area contributed by atoms with Gasteiger partial charge in [0.2, 0.25) is 0 Å². The molecule has 0 aromatic carbocycles. The van der Waals surface area contributed by atoms with Crippen molar-refractivity contribution in [2.24, 2.45) is 5.73 Å². The summed E-state index contributed by atoms with van der Waals surface area (Å²) in [7, 11) is 1.33. The van der Waals surface area contributed by atoms with E-state index in [1.165, 1.54) is 7.11 Å². The quantitative estimate of drug-likeness (QED) is 0.421. The molecule has 0 radical (unpaired) electrons. The summed E-state index contributed by atoms with van der Waals surface area (Å²) in [4.78, 5) is 10.4. The molecule has 2 N–H and O–H groups in total. The van der Waals surface area contributed by atoms with Crippen molar-refractivity contribution in [2.75, 3.05) is 26.9 Å². The molecule has 0 aromatic rings. The van der Waals surface area contributed by atoms with Crippen molar-refractivity contribution in [3.8, 4) is 0 Å². The highest BCUT2D eigenvalue weighted by molar-refractivity contribution is 5.70. The van der Waals surface area contributed by atoms with Crippen LogP contribution in [0.3, 0.4) is 0 Å². The molecule has 0 aliphatic rings. The lowest BCUT2D eigenvalue weighted by Crippen LogP contribution is -2.12. The first-order valence-corrected chi connectivity index (χ1v) is 3.16. The molecule has 60 valence electrons. The van der Waals surface area contributed by atoms with Crippen molar-refractivity contribution in [2.45, 2.75) is 6.42 Å². The largest absolute Gasteiger partial charge is 0.467 e. The first kappa shape index (κ1) is 9.39. The van der Waals surface area contributed by atoms with Crippen LogP contribution in [0.25, 0.3) is 0 Å². The summed E-state index contributed by atoms with van der Waals surface area (Å²) in [6.45, 7) is 1.13. The van der Waals surface area contributed by atoms with Gasteiger partial charge in [-0.1, -0.05) is 0 Å². The molecular formula is C6H13NO3. The summed E-state index contributed by atoms with van der Waals surface area (Å²) >= 11 is 0. The van der Waals surface area contributed by atoms with Gasteiger partial charge in [-0.3, -0.25) is 0 Å². The minimum Gasteiger partial charge on any atom is -0.467 e. The number of nitrogens with two attached hydrogens (primary N) is 1. The molecule has 0 aliphatic carbocycles. The second kappa shape index (κ2) is 6.51. The lowest BCUT2D eigenvalue weighted by atomic mass is 10.5. The van der Waals surface area contributed by atoms with Crippen molar-refractivity contribution in [1.29, 1.82) is 0 Å². The number of hydrogen-bond donors (Lipinski definition) is 1. The Bertz CT molecular complexity index is 95.0. The van der Waals surface area contributed by atoms with Gasteiger partial charge in [0.1, 0.15) is 6.61 Å². The van der Waals surface area contributed by atoms with E-state index in [9.17, 15) is 4.79 Å². The van der Waals surface area contributed by atoms with Crippen LogP contribution in [0.1, 0.15) is 6.42 Å². The molecule has 4 heteroatoms. The van der Waals surface area contributed by atoms with Gasteiger partial charge in [-0.15, -0.1) is 0 Å². The number of rotatable bonds is 5. The molecule has 0 aliphatic heterocycles. The van der Waals surface area contributed by atoms with E-state index in [1.807, 2.05) is 0 Å². The highest BCUT2D eigenvalue weighted by Crippen LogP contribution is 1.81. The molecule has 0 saturated carbocycles. The van der Waals surface area contributed by atoms with Gasteiger partial charge in [-0.05, 0) is 13.0 Å². The molecule has 0 aromatic heterocycles. The van der Waals surface area contributed by atoms with Crippen molar-refractivity contribution >= 4 is 5.97 Å². The third-order valence-corrected chi connectivity index (χ3v) is 0.940. The van der Waals surface area contributed by atoms with Gasteiger partial charge in [0.25, 0.3) is 0 Å². The second-order valence-corrected chi connectivity index (χ2v) is 1.77. The lowest BCUT2D eigenvalue weighted by molar-refractivity contribution is -0.145. The summed E-state index contributed by atoms with van der Waals surface area (Å²) < 4.78 is 9.21. The molecule has 0 rings (SSSR count). The standard InChI is InChI=1S/C6H13NO3/c1-9-6(8)5-10-4-2-3-7/h2-5,7H2,1H3. The Kier molecular flexibility index (Phi) is 6.11. The molecule has 10 heavy (non-hydrogen) atoms. The Hall–Kier alpha value is -0.610. The fourth-order valence-corrected chi connectivity index (χ4v) is 0.400. The van der Waals surface area contributed by atoms with E-state index in [1.54, 1.807) is 0 Å².